The van der Waals surface area contributed by atoms with Crippen LogP contribution in [0.25, 0.3) is 0 Å². The molecule has 2 heterocycles. The Labute approximate surface area is 99.5 Å². The van der Waals surface area contributed by atoms with E-state index in [1.54, 1.807) is 12.5 Å². The van der Waals surface area contributed by atoms with E-state index < -0.39 is 6.10 Å². The van der Waals surface area contributed by atoms with Gasteiger partial charge in [-0.3, -0.25) is 0 Å². The van der Waals surface area contributed by atoms with Gasteiger partial charge in [-0.25, -0.2) is 4.98 Å². The van der Waals surface area contributed by atoms with E-state index in [1.165, 1.54) is 5.56 Å². The Balaban J connectivity index is 1.97. The SMILES string of the molecule is Cn1cncc1C(O)c1ccc2c(c1)CCO2. The fourth-order valence-electron chi connectivity index (χ4n) is 2.18. The van der Waals surface area contributed by atoms with Crippen molar-refractivity contribution in [3.8, 4) is 5.75 Å². The van der Waals surface area contributed by atoms with Crippen LogP contribution in [0.15, 0.2) is 30.7 Å². The molecule has 1 N–H and O–H groups in total. The smallest absolute Gasteiger partial charge is 0.122 e. The average molecular weight is 230 g/mol. The topological polar surface area (TPSA) is 47.3 Å². The highest BCUT2D eigenvalue weighted by atomic mass is 16.5. The molecule has 1 atom stereocenters. The first-order valence-corrected chi connectivity index (χ1v) is 5.65. The second kappa shape index (κ2) is 3.89. The number of aryl methyl sites for hydroxylation is 1. The third kappa shape index (κ3) is 1.70. The third-order valence-electron chi connectivity index (χ3n) is 3.16. The molecule has 0 radical (unpaired) electrons. The van der Waals surface area contributed by atoms with Gasteiger partial charge < -0.3 is 14.4 Å². The summed E-state index contributed by atoms with van der Waals surface area (Å²) in [5.41, 5.74) is 2.85. The number of fused-ring (bicyclic) bond motifs is 1. The largest absolute Gasteiger partial charge is 0.493 e. The van der Waals surface area contributed by atoms with E-state index in [1.807, 2.05) is 29.8 Å². The molecule has 3 rings (SSSR count). The highest BCUT2D eigenvalue weighted by molar-refractivity contribution is 5.41. The van der Waals surface area contributed by atoms with Gasteiger partial charge in [0.15, 0.2) is 0 Å². The summed E-state index contributed by atoms with van der Waals surface area (Å²) < 4.78 is 7.28. The first kappa shape index (κ1) is 10.4. The molecule has 0 bridgehead atoms. The Bertz CT molecular complexity index is 548. The lowest BCUT2D eigenvalue weighted by molar-refractivity contribution is 0.211. The van der Waals surface area contributed by atoms with Crippen molar-refractivity contribution in [2.75, 3.05) is 6.61 Å². The summed E-state index contributed by atoms with van der Waals surface area (Å²) in [6, 6.07) is 5.85. The number of ether oxygens (including phenoxy) is 1. The summed E-state index contributed by atoms with van der Waals surface area (Å²) >= 11 is 0. The van der Waals surface area contributed by atoms with Gasteiger partial charge >= 0.3 is 0 Å². The summed E-state index contributed by atoms with van der Waals surface area (Å²) in [6.07, 6.45) is 3.67. The van der Waals surface area contributed by atoms with Gasteiger partial charge in [0, 0.05) is 13.5 Å². The molecule has 0 spiro atoms. The van der Waals surface area contributed by atoms with Crippen molar-refractivity contribution in [1.82, 2.24) is 9.55 Å². The molecule has 4 heteroatoms. The van der Waals surface area contributed by atoms with Crippen LogP contribution >= 0.6 is 0 Å². The molecule has 1 aromatic heterocycles. The Hall–Kier alpha value is -1.81. The number of aliphatic hydroxyl groups is 1. The maximum Gasteiger partial charge on any atom is 0.122 e. The van der Waals surface area contributed by atoms with Crippen LogP contribution in [0.1, 0.15) is 22.9 Å². The number of aromatic nitrogens is 2. The number of rotatable bonds is 2. The molecule has 2 aromatic rings. The molecule has 17 heavy (non-hydrogen) atoms. The van der Waals surface area contributed by atoms with Crippen LogP contribution in [0, 0.1) is 0 Å². The van der Waals surface area contributed by atoms with Crippen molar-refractivity contribution in [2.45, 2.75) is 12.5 Å². The van der Waals surface area contributed by atoms with Crippen molar-refractivity contribution >= 4 is 0 Å². The molecule has 1 aromatic carbocycles. The first-order chi connectivity index (χ1) is 8.25. The van der Waals surface area contributed by atoms with Gasteiger partial charge in [-0.2, -0.15) is 0 Å². The van der Waals surface area contributed by atoms with Crippen molar-refractivity contribution in [3.63, 3.8) is 0 Å². The second-order valence-corrected chi connectivity index (χ2v) is 4.30. The van der Waals surface area contributed by atoms with Crippen molar-refractivity contribution in [3.05, 3.63) is 47.5 Å². The fourth-order valence-corrected chi connectivity index (χ4v) is 2.18. The fraction of sp³-hybridized carbons (Fsp3) is 0.308. The van der Waals surface area contributed by atoms with Crippen LogP contribution in [-0.4, -0.2) is 21.3 Å². The Morgan fingerprint density at radius 2 is 2.35 bits per heavy atom. The summed E-state index contributed by atoms with van der Waals surface area (Å²) in [4.78, 5) is 4.02. The molecule has 0 aliphatic carbocycles. The maximum atomic E-state index is 10.3. The molecular formula is C13H14N2O2. The molecular weight excluding hydrogens is 216 g/mol. The monoisotopic (exact) mass is 230 g/mol. The third-order valence-corrected chi connectivity index (χ3v) is 3.16. The van der Waals surface area contributed by atoms with E-state index in [4.69, 9.17) is 4.74 Å². The van der Waals surface area contributed by atoms with Crippen LogP contribution in [0.2, 0.25) is 0 Å². The zero-order valence-electron chi connectivity index (χ0n) is 9.63. The standard InChI is InChI=1S/C13H14N2O2/c1-15-8-14-7-11(15)13(16)10-2-3-12-9(6-10)4-5-17-12/h2-3,6-8,13,16H,4-5H2,1H3. The molecule has 0 amide bonds. The molecule has 0 fully saturated rings. The average Bonchev–Trinajstić information content (AvgIpc) is 2.95. The Kier molecular flexibility index (Phi) is 2.37. The van der Waals surface area contributed by atoms with E-state index in [-0.39, 0.29) is 0 Å². The maximum absolute atomic E-state index is 10.3. The predicted octanol–water partition coefficient (Wildman–Crippen LogP) is 1.44. The van der Waals surface area contributed by atoms with Crippen LogP contribution < -0.4 is 4.74 Å². The molecule has 1 aliphatic rings. The minimum Gasteiger partial charge on any atom is -0.493 e. The summed E-state index contributed by atoms with van der Waals surface area (Å²) in [5.74, 6) is 0.936. The van der Waals surface area contributed by atoms with Gasteiger partial charge in [0.2, 0.25) is 0 Å². The van der Waals surface area contributed by atoms with Gasteiger partial charge in [0.25, 0.3) is 0 Å². The zero-order chi connectivity index (χ0) is 11.8. The molecule has 4 nitrogen and oxygen atoms in total. The van der Waals surface area contributed by atoms with E-state index in [0.717, 1.165) is 30.0 Å². The van der Waals surface area contributed by atoms with E-state index in [9.17, 15) is 5.11 Å². The quantitative estimate of drug-likeness (QED) is 0.849. The lowest BCUT2D eigenvalue weighted by atomic mass is 10.0. The number of benzene rings is 1. The second-order valence-electron chi connectivity index (χ2n) is 4.30. The summed E-state index contributed by atoms with van der Waals surface area (Å²) in [6.45, 7) is 0.737. The van der Waals surface area contributed by atoms with Crippen LogP contribution in [0.5, 0.6) is 5.75 Å². The van der Waals surface area contributed by atoms with Gasteiger partial charge in [0.1, 0.15) is 11.9 Å². The van der Waals surface area contributed by atoms with Crippen molar-refractivity contribution in [1.29, 1.82) is 0 Å². The number of hydrogen-bond acceptors (Lipinski definition) is 3. The van der Waals surface area contributed by atoms with Gasteiger partial charge in [-0.1, -0.05) is 6.07 Å². The van der Waals surface area contributed by atoms with E-state index >= 15 is 0 Å². The Morgan fingerprint density at radius 3 is 3.12 bits per heavy atom. The van der Waals surface area contributed by atoms with E-state index in [0.29, 0.717) is 0 Å². The summed E-state index contributed by atoms with van der Waals surface area (Å²) in [7, 11) is 1.88. The van der Waals surface area contributed by atoms with Gasteiger partial charge in [-0.15, -0.1) is 0 Å². The van der Waals surface area contributed by atoms with E-state index in [2.05, 4.69) is 4.98 Å². The van der Waals surface area contributed by atoms with Crippen molar-refractivity contribution < 1.29 is 9.84 Å². The highest BCUT2D eigenvalue weighted by Gasteiger charge is 2.18. The zero-order valence-corrected chi connectivity index (χ0v) is 9.63. The first-order valence-electron chi connectivity index (χ1n) is 5.65. The molecule has 88 valence electrons. The number of aliphatic hydroxyl groups excluding tert-OH is 1. The summed E-state index contributed by atoms with van der Waals surface area (Å²) in [5, 5.41) is 10.3. The van der Waals surface area contributed by atoms with Crippen LogP contribution in [-0.2, 0) is 13.5 Å². The molecule has 0 saturated heterocycles. The molecule has 1 unspecified atom stereocenters. The minimum atomic E-state index is -0.631. The lowest BCUT2D eigenvalue weighted by Crippen LogP contribution is -2.05. The van der Waals surface area contributed by atoms with Crippen LogP contribution in [0.3, 0.4) is 0 Å². The number of imidazole rings is 1. The van der Waals surface area contributed by atoms with Gasteiger partial charge in [-0.05, 0) is 23.3 Å². The lowest BCUT2D eigenvalue weighted by Gasteiger charge is -2.12. The minimum absolute atomic E-state index is 0.631. The number of hydrogen-bond donors (Lipinski definition) is 1. The molecule has 0 saturated carbocycles. The Morgan fingerprint density at radius 1 is 1.47 bits per heavy atom. The van der Waals surface area contributed by atoms with Crippen LogP contribution in [0.4, 0.5) is 0 Å². The normalized spacial score (nSPS) is 15.4. The van der Waals surface area contributed by atoms with Gasteiger partial charge in [0.05, 0.1) is 24.8 Å². The highest BCUT2D eigenvalue weighted by Crippen LogP contribution is 2.30. The number of nitrogens with zero attached hydrogens (tertiary/aromatic N) is 2. The predicted molar refractivity (Wildman–Crippen MR) is 62.9 cm³/mol. The van der Waals surface area contributed by atoms with Crippen molar-refractivity contribution in [2.24, 2.45) is 7.05 Å². The molecule has 1 aliphatic heterocycles.